The molecule has 2 heterocycles. The van der Waals surface area contributed by atoms with Crippen molar-refractivity contribution in [1.82, 2.24) is 5.32 Å². The van der Waals surface area contributed by atoms with Crippen LogP contribution in [0.25, 0.3) is 0 Å². The van der Waals surface area contributed by atoms with E-state index in [4.69, 9.17) is 18.9 Å². The first-order chi connectivity index (χ1) is 24.7. The molecule has 264 valence electrons. The van der Waals surface area contributed by atoms with E-state index in [-0.39, 0.29) is 24.2 Å². The quantitative estimate of drug-likeness (QED) is 0.110. The van der Waals surface area contributed by atoms with Crippen LogP contribution in [-0.4, -0.2) is 78.6 Å². The minimum Gasteiger partial charge on any atom is -0.385 e. The monoisotopic (exact) mass is 691 g/mol. The third-order valence-corrected chi connectivity index (χ3v) is 10.1. The zero-order chi connectivity index (χ0) is 36.2. The standard InChI is InChI=1S/C41H42N2O8/c1-5-50-33-26-34(43(27-28(2)37(45)42-39(43)47)38(46)29-18-10-6-11-19-29)51-35(33)36(44)41(48-3,49-4)40(30-20-12-7-13-21-30,31-22-14-8-15-23-31)32-24-16-9-17-25-32/h6-25,27,33-36,44H,5,26H2,1-4H3/p+1/t33-,34+,35-,36?,43?/m0/s1. The highest BCUT2D eigenvalue weighted by Gasteiger charge is 2.67. The van der Waals surface area contributed by atoms with E-state index in [0.717, 1.165) is 16.7 Å². The molecule has 0 aromatic heterocycles. The number of benzene rings is 4. The van der Waals surface area contributed by atoms with Crippen molar-refractivity contribution in [1.29, 1.82) is 0 Å². The van der Waals surface area contributed by atoms with Crippen LogP contribution in [0.4, 0.5) is 4.79 Å². The highest BCUT2D eigenvalue weighted by atomic mass is 16.7. The Morgan fingerprint density at radius 2 is 1.31 bits per heavy atom. The van der Waals surface area contributed by atoms with Crippen LogP contribution in [0, 0.1) is 0 Å². The zero-order valence-corrected chi connectivity index (χ0v) is 29.1. The van der Waals surface area contributed by atoms with E-state index in [2.05, 4.69) is 5.32 Å². The SMILES string of the molecule is CCO[C@H]1C[C@H]([N+]2(C(=O)c3ccccc3)C=C(C)C(=O)NC2=O)O[C@@H]1C(O)C(OC)(OC)C(c1ccccc1)(c1ccccc1)c1ccccc1. The Morgan fingerprint density at radius 1 is 0.843 bits per heavy atom. The first-order valence-corrected chi connectivity index (χ1v) is 17.0. The van der Waals surface area contributed by atoms with Crippen LogP contribution >= 0.6 is 0 Å². The molecule has 0 spiro atoms. The van der Waals surface area contributed by atoms with Crippen molar-refractivity contribution in [3.63, 3.8) is 0 Å². The molecule has 4 aromatic rings. The number of methoxy groups -OCH3 is 2. The number of nitrogens with one attached hydrogen (secondary N) is 1. The normalized spacial score (nSPS) is 23.0. The van der Waals surface area contributed by atoms with Crippen LogP contribution in [0.15, 0.2) is 133 Å². The van der Waals surface area contributed by atoms with E-state index in [1.54, 1.807) is 30.3 Å². The molecule has 10 nitrogen and oxygen atoms in total. The maximum absolute atomic E-state index is 14.5. The molecular weight excluding hydrogens is 648 g/mol. The number of urea groups is 1. The summed E-state index contributed by atoms with van der Waals surface area (Å²) in [6.07, 6.45) is -3.48. The summed E-state index contributed by atoms with van der Waals surface area (Å²) in [5, 5.41) is 15.3. The Bertz CT molecular complexity index is 1770. The second-order valence-electron chi connectivity index (χ2n) is 12.7. The smallest absolute Gasteiger partial charge is 0.385 e. The van der Waals surface area contributed by atoms with Gasteiger partial charge in [-0.1, -0.05) is 109 Å². The molecule has 0 bridgehead atoms. The van der Waals surface area contributed by atoms with Gasteiger partial charge in [-0.2, -0.15) is 0 Å². The molecule has 5 atom stereocenters. The van der Waals surface area contributed by atoms with Crippen molar-refractivity contribution in [3.8, 4) is 0 Å². The number of ether oxygens (including phenoxy) is 4. The molecule has 1 fully saturated rings. The van der Waals surface area contributed by atoms with Crippen molar-refractivity contribution in [2.75, 3.05) is 20.8 Å². The average Bonchev–Trinajstić information content (AvgIpc) is 3.60. The van der Waals surface area contributed by atoms with Gasteiger partial charge in [0.1, 0.15) is 23.8 Å². The van der Waals surface area contributed by atoms with Crippen molar-refractivity contribution >= 4 is 17.8 Å². The van der Waals surface area contributed by atoms with Crippen molar-refractivity contribution in [2.24, 2.45) is 0 Å². The molecule has 2 aliphatic heterocycles. The van der Waals surface area contributed by atoms with Crippen LogP contribution < -0.4 is 5.32 Å². The lowest BCUT2D eigenvalue weighted by molar-refractivity contribution is -0.773. The van der Waals surface area contributed by atoms with Gasteiger partial charge in [0, 0.05) is 20.8 Å². The predicted molar refractivity (Wildman–Crippen MR) is 189 cm³/mol. The molecule has 0 aliphatic carbocycles. The van der Waals surface area contributed by atoms with Gasteiger partial charge in [-0.05, 0) is 42.7 Å². The fraction of sp³-hybridized carbons (Fsp3) is 0.293. The molecule has 0 saturated carbocycles. The highest BCUT2D eigenvalue weighted by Crippen LogP contribution is 2.53. The predicted octanol–water partition coefficient (Wildman–Crippen LogP) is 5.70. The van der Waals surface area contributed by atoms with Gasteiger partial charge in [0.2, 0.25) is 12.0 Å². The van der Waals surface area contributed by atoms with E-state index >= 15 is 0 Å². The number of hydrogen-bond acceptors (Lipinski definition) is 8. The largest absolute Gasteiger partial charge is 0.438 e. The Morgan fingerprint density at radius 3 is 1.76 bits per heavy atom. The minimum absolute atomic E-state index is 0.0120. The summed E-state index contributed by atoms with van der Waals surface area (Å²) in [6, 6.07) is 36.5. The van der Waals surface area contributed by atoms with Gasteiger partial charge in [0.15, 0.2) is 0 Å². The fourth-order valence-corrected chi connectivity index (χ4v) is 7.81. The summed E-state index contributed by atoms with van der Waals surface area (Å²) in [5.74, 6) is -3.11. The highest BCUT2D eigenvalue weighted by molar-refractivity contribution is 6.08. The lowest BCUT2D eigenvalue weighted by Crippen LogP contribution is -2.67. The summed E-state index contributed by atoms with van der Waals surface area (Å²) >= 11 is 0. The van der Waals surface area contributed by atoms with Crippen LogP contribution in [0.5, 0.6) is 0 Å². The molecular formula is C41H43N2O8+. The summed E-state index contributed by atoms with van der Waals surface area (Å²) in [7, 11) is 2.95. The first-order valence-electron chi connectivity index (χ1n) is 17.0. The molecule has 2 aliphatic rings. The van der Waals surface area contributed by atoms with Gasteiger partial charge in [-0.15, -0.1) is 4.48 Å². The molecule has 4 amide bonds. The van der Waals surface area contributed by atoms with E-state index in [9.17, 15) is 19.5 Å². The number of amides is 4. The Hall–Kier alpha value is -4.81. The third-order valence-electron chi connectivity index (χ3n) is 10.1. The Balaban J connectivity index is 1.56. The summed E-state index contributed by atoms with van der Waals surface area (Å²) < 4.78 is 24.9. The Kier molecular flexibility index (Phi) is 10.5. The third kappa shape index (κ3) is 5.84. The molecule has 2 N–H and O–H groups in total. The number of nitrogens with zero attached hydrogens (tertiary/aromatic N) is 1. The van der Waals surface area contributed by atoms with E-state index < -0.39 is 58.1 Å². The second kappa shape index (κ2) is 14.8. The number of rotatable bonds is 12. The van der Waals surface area contributed by atoms with Crippen molar-refractivity contribution < 1.29 is 42.9 Å². The number of carbonyl (C=O) groups excluding carboxylic acids is 3. The number of quaternary nitrogens is 1. The van der Waals surface area contributed by atoms with Gasteiger partial charge >= 0.3 is 11.9 Å². The lowest BCUT2D eigenvalue weighted by atomic mass is 9.61. The van der Waals surface area contributed by atoms with Crippen LogP contribution in [0.2, 0.25) is 0 Å². The fourth-order valence-electron chi connectivity index (χ4n) is 7.81. The van der Waals surface area contributed by atoms with Crippen LogP contribution in [0.1, 0.15) is 47.3 Å². The molecule has 1 saturated heterocycles. The summed E-state index contributed by atoms with van der Waals surface area (Å²) in [6.45, 7) is 3.59. The average molecular weight is 692 g/mol. The molecule has 0 radical (unpaired) electrons. The van der Waals surface area contributed by atoms with Gasteiger partial charge in [-0.25, -0.2) is 14.9 Å². The summed E-state index contributed by atoms with van der Waals surface area (Å²) in [5.41, 5.74) is 1.40. The topological polar surface area (TPSA) is 120 Å². The lowest BCUT2D eigenvalue weighted by Gasteiger charge is -2.53. The maximum atomic E-state index is 14.5. The first kappa shape index (κ1) is 36.0. The second-order valence-corrected chi connectivity index (χ2v) is 12.7. The molecule has 6 rings (SSSR count). The molecule has 2 unspecified atom stereocenters. The zero-order valence-electron chi connectivity index (χ0n) is 29.1. The number of aliphatic hydroxyl groups is 1. The van der Waals surface area contributed by atoms with Crippen LogP contribution in [0.3, 0.4) is 0 Å². The van der Waals surface area contributed by atoms with E-state index in [1.165, 1.54) is 27.3 Å². The van der Waals surface area contributed by atoms with Gasteiger partial charge in [0.05, 0.1) is 23.7 Å². The van der Waals surface area contributed by atoms with Gasteiger partial charge in [0.25, 0.3) is 5.91 Å². The number of imide groups is 2. The Labute approximate surface area is 297 Å². The molecule has 51 heavy (non-hydrogen) atoms. The van der Waals surface area contributed by atoms with Crippen molar-refractivity contribution in [2.45, 2.75) is 56.0 Å². The molecule has 4 aromatic carbocycles. The number of carbonyl (C=O) groups is 3. The van der Waals surface area contributed by atoms with Crippen LogP contribution in [-0.2, 0) is 29.2 Å². The maximum Gasteiger partial charge on any atom is 0.438 e. The number of aliphatic hydroxyl groups excluding tert-OH is 1. The van der Waals surface area contributed by atoms with Gasteiger partial charge in [-0.3, -0.25) is 4.79 Å². The van der Waals surface area contributed by atoms with E-state index in [0.29, 0.717) is 0 Å². The van der Waals surface area contributed by atoms with Gasteiger partial charge < -0.3 is 24.1 Å². The molecule has 10 heteroatoms. The van der Waals surface area contributed by atoms with E-state index in [1.807, 2.05) is 97.9 Å². The summed E-state index contributed by atoms with van der Waals surface area (Å²) in [4.78, 5) is 41.1. The van der Waals surface area contributed by atoms with Crippen molar-refractivity contribution in [3.05, 3.63) is 155 Å². The number of hydrogen-bond donors (Lipinski definition) is 2. The minimum atomic E-state index is -1.90.